The summed E-state index contributed by atoms with van der Waals surface area (Å²) in [6, 6.07) is 21.8. The van der Waals surface area contributed by atoms with Gasteiger partial charge in [-0.25, -0.2) is 13.8 Å². The Labute approximate surface area is 359 Å². The molecule has 3 aromatic carbocycles. The van der Waals surface area contributed by atoms with Crippen LogP contribution in [-0.2, 0) is 14.4 Å². The van der Waals surface area contributed by atoms with E-state index in [2.05, 4.69) is 30.7 Å². The number of amides is 3. The van der Waals surface area contributed by atoms with Crippen molar-refractivity contribution in [2.75, 3.05) is 44.2 Å². The van der Waals surface area contributed by atoms with Gasteiger partial charge in [-0.05, 0) is 54.2 Å². The Morgan fingerprint density at radius 3 is 2.26 bits per heavy atom. The van der Waals surface area contributed by atoms with E-state index in [0.717, 1.165) is 38.5 Å². The number of nitrogens with one attached hydrogen (secondary N) is 2. The highest BCUT2D eigenvalue weighted by molar-refractivity contribution is 7.13. The number of anilines is 1. The minimum atomic E-state index is -2.63. The van der Waals surface area contributed by atoms with E-state index in [1.807, 2.05) is 93.6 Å². The molecular formula is C46H52F2N8O4S. The lowest BCUT2D eigenvalue weighted by atomic mass is 9.85. The number of likely N-dealkylation sites (tertiary alicyclic amines) is 1. The Hall–Kier alpha value is -5.64. The predicted octanol–water partition coefficient (Wildman–Crippen LogP) is 6.67. The number of aliphatic hydroxyl groups excluding tert-OH is 1. The lowest BCUT2D eigenvalue weighted by Gasteiger charge is -2.37. The molecule has 0 aliphatic carbocycles. The first-order valence-electron chi connectivity index (χ1n) is 20.5. The molecule has 7 rings (SSSR count). The van der Waals surface area contributed by atoms with E-state index in [9.17, 15) is 28.3 Å². The topological polar surface area (TPSA) is 144 Å². The first kappa shape index (κ1) is 43.4. The molecule has 0 bridgehead atoms. The number of thiazole rings is 1. The zero-order valence-corrected chi connectivity index (χ0v) is 35.8. The number of aromatic nitrogens is 3. The van der Waals surface area contributed by atoms with Gasteiger partial charge in [0, 0.05) is 61.5 Å². The molecule has 4 atom stereocenters. The minimum Gasteiger partial charge on any atom is -0.391 e. The van der Waals surface area contributed by atoms with Crippen LogP contribution in [0.1, 0.15) is 63.4 Å². The number of carbonyl (C=O) groups excluding carboxylic acids is 3. The number of halogens is 2. The van der Waals surface area contributed by atoms with Crippen LogP contribution < -0.4 is 15.5 Å². The van der Waals surface area contributed by atoms with Gasteiger partial charge in [-0.2, -0.15) is 10.2 Å². The first-order chi connectivity index (χ1) is 29.2. The standard InChI is InChI=1S/C46H52F2N8O4S/c1-28(30-10-12-32(13-11-30)41-29(2)49-27-61-41)51-44(59)39-23-35(57)25-56(39)45(60)42(46(3,4)5)52-40(58)26-54-18-20-55(21-19-54)34-16-14-31(15-17-34)33-22-38(53-50-24-33)36-8-6-7-9-37(36)43(47)48/h6-17,22,24,27-28,35,39,42-43,57H,18-21,23,25-26H2,1-5H3,(H,51,59)(H,52,58)/t28?,35-,39+,42?/m1/s1. The zero-order valence-electron chi connectivity index (χ0n) is 35.0. The van der Waals surface area contributed by atoms with Gasteiger partial charge < -0.3 is 25.5 Å². The van der Waals surface area contributed by atoms with Gasteiger partial charge in [0.1, 0.15) is 12.1 Å². The second-order valence-corrected chi connectivity index (χ2v) is 17.8. The second-order valence-electron chi connectivity index (χ2n) is 16.9. The molecule has 2 saturated heterocycles. The van der Waals surface area contributed by atoms with Gasteiger partial charge in [0.05, 0.1) is 46.7 Å². The molecular weight excluding hydrogens is 799 g/mol. The van der Waals surface area contributed by atoms with Crippen molar-refractivity contribution in [2.45, 2.75) is 71.7 Å². The maximum Gasteiger partial charge on any atom is 0.264 e. The van der Waals surface area contributed by atoms with Crippen LogP contribution in [0.25, 0.3) is 32.8 Å². The molecule has 0 radical (unpaired) electrons. The number of carbonyl (C=O) groups is 3. The Morgan fingerprint density at radius 2 is 1.61 bits per heavy atom. The van der Waals surface area contributed by atoms with Gasteiger partial charge in [-0.3, -0.25) is 19.3 Å². The van der Waals surface area contributed by atoms with Gasteiger partial charge in [0.15, 0.2) is 0 Å². The number of rotatable bonds is 12. The summed E-state index contributed by atoms with van der Waals surface area (Å²) in [5.74, 6) is -1.05. The largest absolute Gasteiger partial charge is 0.391 e. The summed E-state index contributed by atoms with van der Waals surface area (Å²) in [6.45, 7) is 12.2. The van der Waals surface area contributed by atoms with Gasteiger partial charge in [-0.1, -0.05) is 81.4 Å². The average Bonchev–Trinajstić information content (AvgIpc) is 3.87. The maximum absolute atomic E-state index is 14.2. The Kier molecular flexibility index (Phi) is 13.2. The number of hydrogen-bond acceptors (Lipinski definition) is 10. The molecule has 0 spiro atoms. The van der Waals surface area contributed by atoms with Crippen LogP contribution in [0.5, 0.6) is 0 Å². The highest BCUT2D eigenvalue weighted by Gasteiger charge is 2.45. The van der Waals surface area contributed by atoms with E-state index >= 15 is 0 Å². The number of aliphatic hydroxyl groups is 1. The van der Waals surface area contributed by atoms with E-state index in [-0.39, 0.29) is 42.9 Å². The van der Waals surface area contributed by atoms with E-state index < -0.39 is 35.9 Å². The van der Waals surface area contributed by atoms with Gasteiger partial charge in [0.25, 0.3) is 6.43 Å². The number of hydrogen-bond donors (Lipinski definition) is 3. The van der Waals surface area contributed by atoms with Crippen LogP contribution in [0.4, 0.5) is 14.5 Å². The smallest absolute Gasteiger partial charge is 0.264 e. The van der Waals surface area contributed by atoms with E-state index in [0.29, 0.717) is 37.4 Å². The Morgan fingerprint density at radius 1 is 0.918 bits per heavy atom. The minimum absolute atomic E-state index is 0.00406. The summed E-state index contributed by atoms with van der Waals surface area (Å²) in [7, 11) is 0. The van der Waals surface area contributed by atoms with Crippen LogP contribution >= 0.6 is 11.3 Å². The molecule has 2 fully saturated rings. The molecule has 3 N–H and O–H groups in total. The molecule has 320 valence electrons. The van der Waals surface area contributed by atoms with E-state index in [1.165, 1.54) is 11.0 Å². The van der Waals surface area contributed by atoms with Crippen molar-refractivity contribution in [1.29, 1.82) is 0 Å². The van der Waals surface area contributed by atoms with Gasteiger partial charge >= 0.3 is 0 Å². The summed E-state index contributed by atoms with van der Waals surface area (Å²) in [5, 5.41) is 24.9. The van der Waals surface area contributed by atoms with Gasteiger partial charge in [-0.15, -0.1) is 11.3 Å². The van der Waals surface area contributed by atoms with Crippen molar-refractivity contribution in [3.05, 3.63) is 107 Å². The van der Waals surface area contributed by atoms with Crippen LogP contribution in [0.15, 0.2) is 90.6 Å². The highest BCUT2D eigenvalue weighted by Crippen LogP contribution is 2.33. The summed E-state index contributed by atoms with van der Waals surface area (Å²) in [4.78, 5) is 52.6. The first-order valence-corrected chi connectivity index (χ1v) is 21.4. The van der Waals surface area contributed by atoms with E-state index in [1.54, 1.807) is 41.8 Å². The number of benzene rings is 3. The van der Waals surface area contributed by atoms with Crippen molar-refractivity contribution >= 4 is 34.7 Å². The number of alkyl halides is 2. The predicted molar refractivity (Wildman–Crippen MR) is 233 cm³/mol. The molecule has 2 aliphatic heterocycles. The third-order valence-electron chi connectivity index (χ3n) is 11.5. The van der Waals surface area contributed by atoms with Crippen molar-refractivity contribution in [2.24, 2.45) is 5.41 Å². The summed E-state index contributed by atoms with van der Waals surface area (Å²) < 4.78 is 27.3. The van der Waals surface area contributed by atoms with Crippen LogP contribution in [0, 0.1) is 12.3 Å². The van der Waals surface area contributed by atoms with Crippen LogP contribution in [0.2, 0.25) is 0 Å². The second kappa shape index (κ2) is 18.5. The fourth-order valence-corrected chi connectivity index (χ4v) is 8.84. The third kappa shape index (κ3) is 10.1. The molecule has 2 aliphatic rings. The monoisotopic (exact) mass is 850 g/mol. The van der Waals surface area contributed by atoms with Crippen molar-refractivity contribution < 1.29 is 28.3 Å². The van der Waals surface area contributed by atoms with Crippen molar-refractivity contribution in [1.82, 2.24) is 35.6 Å². The van der Waals surface area contributed by atoms with Crippen molar-refractivity contribution in [3.8, 4) is 32.8 Å². The molecule has 2 unspecified atom stereocenters. The Bertz CT molecular complexity index is 2330. The maximum atomic E-state index is 14.2. The number of piperazine rings is 1. The molecule has 12 nitrogen and oxygen atoms in total. The summed E-state index contributed by atoms with van der Waals surface area (Å²) in [5.41, 5.74) is 7.34. The normalized spacial score (nSPS) is 18.2. The molecule has 2 aromatic heterocycles. The van der Waals surface area contributed by atoms with E-state index in [4.69, 9.17) is 0 Å². The van der Waals surface area contributed by atoms with Crippen LogP contribution in [0.3, 0.4) is 0 Å². The summed E-state index contributed by atoms with van der Waals surface area (Å²) in [6.07, 6.45) is -1.78. The fraction of sp³-hybridized carbons (Fsp3) is 0.391. The average molecular weight is 851 g/mol. The lowest BCUT2D eigenvalue weighted by molar-refractivity contribution is -0.144. The quantitative estimate of drug-likeness (QED) is 0.125. The highest BCUT2D eigenvalue weighted by atomic mass is 32.1. The van der Waals surface area contributed by atoms with Crippen LogP contribution in [-0.4, -0.2) is 105 Å². The molecule has 5 aromatic rings. The molecule has 0 saturated carbocycles. The van der Waals surface area contributed by atoms with Gasteiger partial charge in [0.2, 0.25) is 17.7 Å². The molecule has 61 heavy (non-hydrogen) atoms. The Balaban J connectivity index is 0.926. The zero-order chi connectivity index (χ0) is 43.4. The third-order valence-corrected chi connectivity index (χ3v) is 12.5. The number of aryl methyl sites for hydroxylation is 1. The summed E-state index contributed by atoms with van der Waals surface area (Å²) >= 11 is 1.58. The lowest BCUT2D eigenvalue weighted by Crippen LogP contribution is -2.59. The van der Waals surface area contributed by atoms with Crippen molar-refractivity contribution in [3.63, 3.8) is 0 Å². The fourth-order valence-electron chi connectivity index (χ4n) is 8.03. The number of β-amino-alcohol motifs (C(OH)–C–C–N with tert-alkyl or cyclic N) is 1. The molecule has 4 heterocycles. The molecule has 3 amide bonds. The SMILES string of the molecule is Cc1ncsc1-c1ccc(C(C)NC(=O)[C@@H]2C[C@@H](O)CN2C(=O)C(NC(=O)CN2CCN(c3ccc(-c4cnnc(-c5ccccc5C(F)F)c4)cc3)CC2)C(C)(C)C)cc1. The number of nitrogens with zero attached hydrogens (tertiary/aromatic N) is 6. The molecule has 15 heteroatoms.